The number of hydrogen-bond donors (Lipinski definition) is 0. The Morgan fingerprint density at radius 2 is 2.31 bits per heavy atom. The number of allylic oxidation sites excluding steroid dienone is 1. The first-order chi connectivity index (χ1) is 6.13. The van der Waals surface area contributed by atoms with E-state index in [1.165, 1.54) is 20.1 Å². The zero-order valence-corrected chi connectivity index (χ0v) is 7.70. The van der Waals surface area contributed by atoms with Crippen LogP contribution in [0.25, 0.3) is 0 Å². The van der Waals surface area contributed by atoms with Crippen LogP contribution in [-0.4, -0.2) is 25.0 Å². The summed E-state index contributed by atoms with van der Waals surface area (Å²) in [5, 5.41) is 0. The monoisotopic (exact) mass is 184 g/mol. The number of rotatable bonds is 2. The Balaban J connectivity index is 2.59. The molecule has 0 aromatic carbocycles. The van der Waals surface area contributed by atoms with Gasteiger partial charge in [0.2, 0.25) is 0 Å². The van der Waals surface area contributed by atoms with Crippen molar-refractivity contribution in [3.05, 3.63) is 11.8 Å². The lowest BCUT2D eigenvalue weighted by Crippen LogP contribution is -2.28. The summed E-state index contributed by atoms with van der Waals surface area (Å²) in [7, 11) is 1.52. The van der Waals surface area contributed by atoms with Crippen molar-refractivity contribution in [3.63, 3.8) is 0 Å². The zero-order valence-electron chi connectivity index (χ0n) is 7.70. The van der Waals surface area contributed by atoms with Gasteiger partial charge in [-0.25, -0.2) is 0 Å². The second kappa shape index (κ2) is 4.07. The highest BCUT2D eigenvalue weighted by Crippen LogP contribution is 2.18. The first-order valence-electron chi connectivity index (χ1n) is 4.09. The number of carbonyl (C=O) groups excluding carboxylic acids is 2. The predicted octanol–water partition coefficient (Wildman–Crippen LogP) is 0.811. The second-order valence-corrected chi connectivity index (χ2v) is 2.85. The number of hydrogen-bond acceptors (Lipinski definition) is 4. The fourth-order valence-electron chi connectivity index (χ4n) is 1.22. The van der Waals surface area contributed by atoms with Crippen molar-refractivity contribution in [2.75, 3.05) is 7.11 Å². The van der Waals surface area contributed by atoms with E-state index in [0.717, 1.165) is 0 Å². The molecule has 0 unspecified atom stereocenters. The van der Waals surface area contributed by atoms with Gasteiger partial charge < -0.3 is 9.47 Å². The standard InChI is InChI=1S/C9H12O4/c1-6(10)13-9-4-3-7(12-2)5-8(9)11/h5,9H,3-4H2,1-2H3/t9-/m1/s1. The first-order valence-corrected chi connectivity index (χ1v) is 4.09. The Bertz CT molecular complexity index is 254. The van der Waals surface area contributed by atoms with Crippen LogP contribution in [0, 0.1) is 0 Å². The lowest BCUT2D eigenvalue weighted by atomic mass is 10.0. The van der Waals surface area contributed by atoms with E-state index < -0.39 is 12.1 Å². The molecule has 1 aliphatic rings. The summed E-state index contributed by atoms with van der Waals surface area (Å²) in [6.45, 7) is 1.29. The number of esters is 1. The van der Waals surface area contributed by atoms with Gasteiger partial charge in [0, 0.05) is 19.4 Å². The molecular formula is C9H12O4. The highest BCUT2D eigenvalue weighted by molar-refractivity contribution is 5.95. The van der Waals surface area contributed by atoms with Crippen LogP contribution in [0.4, 0.5) is 0 Å². The predicted molar refractivity (Wildman–Crippen MR) is 44.9 cm³/mol. The third-order valence-electron chi connectivity index (χ3n) is 1.84. The van der Waals surface area contributed by atoms with E-state index in [4.69, 9.17) is 9.47 Å². The summed E-state index contributed by atoms with van der Waals surface area (Å²) in [5.41, 5.74) is 0. The molecule has 0 spiro atoms. The van der Waals surface area contributed by atoms with Gasteiger partial charge in [-0.05, 0) is 6.42 Å². The van der Waals surface area contributed by atoms with Crippen molar-refractivity contribution in [2.45, 2.75) is 25.9 Å². The number of ketones is 1. The lowest BCUT2D eigenvalue weighted by Gasteiger charge is -2.19. The molecule has 13 heavy (non-hydrogen) atoms. The van der Waals surface area contributed by atoms with Crippen LogP contribution in [0.1, 0.15) is 19.8 Å². The van der Waals surface area contributed by atoms with E-state index in [9.17, 15) is 9.59 Å². The third-order valence-corrected chi connectivity index (χ3v) is 1.84. The molecule has 0 aliphatic heterocycles. The summed E-state index contributed by atoms with van der Waals surface area (Å²) in [6, 6.07) is 0. The maximum absolute atomic E-state index is 11.3. The average molecular weight is 184 g/mol. The maximum Gasteiger partial charge on any atom is 0.303 e. The van der Waals surface area contributed by atoms with E-state index in [2.05, 4.69) is 0 Å². The van der Waals surface area contributed by atoms with E-state index in [-0.39, 0.29) is 5.78 Å². The summed E-state index contributed by atoms with van der Waals surface area (Å²) < 4.78 is 9.72. The fourth-order valence-corrected chi connectivity index (χ4v) is 1.22. The molecule has 72 valence electrons. The fraction of sp³-hybridized carbons (Fsp3) is 0.556. The molecular weight excluding hydrogens is 172 g/mol. The molecule has 0 N–H and O–H groups in total. The zero-order chi connectivity index (χ0) is 9.84. The van der Waals surface area contributed by atoms with E-state index in [1.807, 2.05) is 0 Å². The Morgan fingerprint density at radius 1 is 1.62 bits per heavy atom. The van der Waals surface area contributed by atoms with Gasteiger partial charge in [-0.3, -0.25) is 9.59 Å². The van der Waals surface area contributed by atoms with Crippen molar-refractivity contribution >= 4 is 11.8 Å². The molecule has 1 rings (SSSR count). The molecule has 0 heterocycles. The Hall–Kier alpha value is -1.32. The highest BCUT2D eigenvalue weighted by atomic mass is 16.5. The summed E-state index contributed by atoms with van der Waals surface area (Å²) in [5.74, 6) is 0.0271. The quantitative estimate of drug-likeness (QED) is 0.596. The molecule has 1 atom stereocenters. The van der Waals surface area contributed by atoms with Crippen LogP contribution in [0.2, 0.25) is 0 Å². The Kier molecular flexibility index (Phi) is 3.06. The molecule has 0 fully saturated rings. The number of ether oxygens (including phenoxy) is 2. The topological polar surface area (TPSA) is 52.6 Å². The molecule has 0 radical (unpaired) electrons. The van der Waals surface area contributed by atoms with Crippen molar-refractivity contribution in [1.29, 1.82) is 0 Å². The molecule has 1 aliphatic carbocycles. The molecule has 0 saturated carbocycles. The average Bonchev–Trinajstić information content (AvgIpc) is 2.08. The Morgan fingerprint density at radius 3 is 2.77 bits per heavy atom. The first kappa shape index (κ1) is 9.77. The van der Waals surface area contributed by atoms with Gasteiger partial charge in [0.1, 0.15) is 0 Å². The lowest BCUT2D eigenvalue weighted by molar-refractivity contribution is -0.152. The van der Waals surface area contributed by atoms with Crippen molar-refractivity contribution in [2.24, 2.45) is 0 Å². The molecule has 0 aromatic heterocycles. The smallest absolute Gasteiger partial charge is 0.303 e. The molecule has 4 heteroatoms. The third kappa shape index (κ3) is 2.57. The highest BCUT2D eigenvalue weighted by Gasteiger charge is 2.25. The van der Waals surface area contributed by atoms with Crippen molar-refractivity contribution < 1.29 is 19.1 Å². The SMILES string of the molecule is COC1=CC(=O)[C@H](OC(C)=O)CC1. The molecule has 4 nitrogen and oxygen atoms in total. The summed E-state index contributed by atoms with van der Waals surface area (Å²) in [4.78, 5) is 21.8. The summed E-state index contributed by atoms with van der Waals surface area (Å²) in [6.07, 6.45) is 1.92. The number of carbonyl (C=O) groups is 2. The van der Waals surface area contributed by atoms with Crippen LogP contribution < -0.4 is 0 Å². The minimum Gasteiger partial charge on any atom is -0.501 e. The molecule has 0 aromatic rings. The van der Waals surface area contributed by atoms with Crippen molar-refractivity contribution in [3.8, 4) is 0 Å². The normalized spacial score (nSPS) is 22.2. The molecule has 0 amide bonds. The van der Waals surface area contributed by atoms with E-state index in [1.54, 1.807) is 0 Å². The van der Waals surface area contributed by atoms with Gasteiger partial charge in [0.15, 0.2) is 11.9 Å². The maximum atomic E-state index is 11.3. The molecule has 0 saturated heterocycles. The minimum atomic E-state index is -0.614. The van der Waals surface area contributed by atoms with Crippen LogP contribution in [0.15, 0.2) is 11.8 Å². The molecule has 0 bridgehead atoms. The number of methoxy groups -OCH3 is 1. The van der Waals surface area contributed by atoms with Crippen LogP contribution >= 0.6 is 0 Å². The van der Waals surface area contributed by atoms with E-state index in [0.29, 0.717) is 18.6 Å². The van der Waals surface area contributed by atoms with Crippen LogP contribution in [-0.2, 0) is 19.1 Å². The van der Waals surface area contributed by atoms with Gasteiger partial charge in [-0.1, -0.05) is 0 Å². The van der Waals surface area contributed by atoms with Crippen LogP contribution in [0.3, 0.4) is 0 Å². The van der Waals surface area contributed by atoms with Gasteiger partial charge in [-0.15, -0.1) is 0 Å². The van der Waals surface area contributed by atoms with Gasteiger partial charge in [0.25, 0.3) is 0 Å². The van der Waals surface area contributed by atoms with Crippen LogP contribution in [0.5, 0.6) is 0 Å². The van der Waals surface area contributed by atoms with E-state index >= 15 is 0 Å². The minimum absolute atomic E-state index is 0.196. The van der Waals surface area contributed by atoms with Gasteiger partial charge >= 0.3 is 5.97 Å². The van der Waals surface area contributed by atoms with Gasteiger partial charge in [0.05, 0.1) is 12.9 Å². The van der Waals surface area contributed by atoms with Crippen molar-refractivity contribution in [1.82, 2.24) is 0 Å². The Labute approximate surface area is 76.5 Å². The second-order valence-electron chi connectivity index (χ2n) is 2.85. The summed E-state index contributed by atoms with van der Waals surface area (Å²) >= 11 is 0. The van der Waals surface area contributed by atoms with Gasteiger partial charge in [-0.2, -0.15) is 0 Å². The largest absolute Gasteiger partial charge is 0.501 e.